The summed E-state index contributed by atoms with van der Waals surface area (Å²) in [4.78, 5) is 25.9. The molecule has 20 heavy (non-hydrogen) atoms. The van der Waals surface area contributed by atoms with Crippen LogP contribution in [0.4, 0.5) is 11.5 Å². The predicted molar refractivity (Wildman–Crippen MR) is 74.8 cm³/mol. The Labute approximate surface area is 117 Å². The Balaban J connectivity index is 3.12. The number of nitro groups is 1. The maximum Gasteiger partial charge on any atom is 0.356 e. The van der Waals surface area contributed by atoms with Crippen LogP contribution in [0.1, 0.15) is 37.7 Å². The van der Waals surface area contributed by atoms with E-state index < -0.39 is 10.9 Å². The summed E-state index contributed by atoms with van der Waals surface area (Å²) in [5, 5.41) is 14.0. The molecule has 0 aliphatic carbocycles. The van der Waals surface area contributed by atoms with E-state index in [1.54, 1.807) is 0 Å². The van der Waals surface area contributed by atoms with Crippen molar-refractivity contribution >= 4 is 17.5 Å². The van der Waals surface area contributed by atoms with Crippen LogP contribution in [0, 0.1) is 16.0 Å². The molecule has 1 aromatic heterocycles. The number of hydrogen-bond donors (Lipinski definition) is 1. The molecule has 0 aliphatic heterocycles. The Kier molecular flexibility index (Phi) is 5.42. The number of hydrogen-bond acceptors (Lipinski definition) is 6. The van der Waals surface area contributed by atoms with Gasteiger partial charge in [0.2, 0.25) is 5.82 Å². The molecule has 0 aromatic carbocycles. The van der Waals surface area contributed by atoms with Gasteiger partial charge in [-0.3, -0.25) is 10.1 Å². The molecule has 0 radical (unpaired) electrons. The van der Waals surface area contributed by atoms with Gasteiger partial charge in [0.25, 0.3) is 0 Å². The van der Waals surface area contributed by atoms with Gasteiger partial charge in [0, 0.05) is 12.1 Å². The lowest BCUT2D eigenvalue weighted by atomic mass is 10.0. The lowest BCUT2D eigenvalue weighted by Gasteiger charge is -2.20. The second-order valence-electron chi connectivity index (χ2n) is 4.63. The third-order valence-electron chi connectivity index (χ3n) is 3.33. The zero-order valence-electron chi connectivity index (χ0n) is 12.0. The quantitative estimate of drug-likeness (QED) is 0.489. The highest BCUT2D eigenvalue weighted by Gasteiger charge is 2.21. The molecule has 0 bridgehead atoms. The molecule has 0 fully saturated rings. The first kappa shape index (κ1) is 15.9. The van der Waals surface area contributed by atoms with Gasteiger partial charge < -0.3 is 10.1 Å². The molecule has 1 rings (SSSR count). The average Bonchev–Trinajstić information content (AvgIpc) is 2.44. The molecule has 7 nitrogen and oxygen atoms in total. The Morgan fingerprint density at radius 2 is 2.15 bits per heavy atom. The van der Waals surface area contributed by atoms with Crippen molar-refractivity contribution in [1.29, 1.82) is 0 Å². The number of carbonyl (C=O) groups is 1. The van der Waals surface area contributed by atoms with Crippen molar-refractivity contribution in [2.75, 3.05) is 12.4 Å². The van der Waals surface area contributed by atoms with Gasteiger partial charge in [-0.05, 0) is 18.9 Å². The molecule has 1 heterocycles. The zero-order chi connectivity index (χ0) is 15.3. The maximum atomic E-state index is 11.4. The summed E-state index contributed by atoms with van der Waals surface area (Å²) in [7, 11) is 1.24. The fourth-order valence-electron chi connectivity index (χ4n) is 1.64. The minimum atomic E-state index is -0.626. The summed E-state index contributed by atoms with van der Waals surface area (Å²) in [6.45, 7) is 5.99. The van der Waals surface area contributed by atoms with Crippen molar-refractivity contribution in [3.05, 3.63) is 27.9 Å². The van der Waals surface area contributed by atoms with Crippen LogP contribution in [0.3, 0.4) is 0 Å². The van der Waals surface area contributed by atoms with E-state index in [0.717, 1.165) is 6.42 Å². The molecule has 0 aliphatic rings. The standard InChI is InChI=1S/C13H19N3O4/c1-5-8(2)9(3)14-12-11(16(18)19)7-6-10(15-12)13(17)20-4/h6-9H,5H2,1-4H3,(H,14,15). The van der Waals surface area contributed by atoms with Crippen LogP contribution in [0.15, 0.2) is 12.1 Å². The van der Waals surface area contributed by atoms with E-state index in [-0.39, 0.29) is 23.2 Å². The van der Waals surface area contributed by atoms with Gasteiger partial charge >= 0.3 is 11.7 Å². The molecule has 0 spiro atoms. The number of methoxy groups -OCH3 is 1. The van der Waals surface area contributed by atoms with Crippen molar-refractivity contribution in [2.45, 2.75) is 33.2 Å². The molecule has 110 valence electrons. The largest absolute Gasteiger partial charge is 0.464 e. The van der Waals surface area contributed by atoms with E-state index in [9.17, 15) is 14.9 Å². The number of esters is 1. The fraction of sp³-hybridized carbons (Fsp3) is 0.538. The number of nitrogens with zero attached hydrogens (tertiary/aromatic N) is 2. The van der Waals surface area contributed by atoms with Gasteiger partial charge in [-0.2, -0.15) is 0 Å². The highest BCUT2D eigenvalue weighted by Crippen LogP contribution is 2.24. The molecule has 0 saturated heterocycles. The van der Waals surface area contributed by atoms with Gasteiger partial charge in [-0.1, -0.05) is 20.3 Å². The first-order valence-electron chi connectivity index (χ1n) is 6.41. The summed E-state index contributed by atoms with van der Waals surface area (Å²) in [6, 6.07) is 2.53. The lowest BCUT2D eigenvalue weighted by Crippen LogP contribution is -2.24. The Morgan fingerprint density at radius 3 is 2.65 bits per heavy atom. The van der Waals surface area contributed by atoms with E-state index in [1.807, 2.05) is 20.8 Å². The highest BCUT2D eigenvalue weighted by molar-refractivity contribution is 5.88. The van der Waals surface area contributed by atoms with Crippen LogP contribution >= 0.6 is 0 Å². The number of nitrogens with one attached hydrogen (secondary N) is 1. The van der Waals surface area contributed by atoms with E-state index in [0.29, 0.717) is 5.92 Å². The molecular weight excluding hydrogens is 262 g/mol. The van der Waals surface area contributed by atoms with Gasteiger partial charge in [-0.25, -0.2) is 9.78 Å². The lowest BCUT2D eigenvalue weighted by molar-refractivity contribution is -0.384. The van der Waals surface area contributed by atoms with Gasteiger partial charge in [0.05, 0.1) is 12.0 Å². The summed E-state index contributed by atoms with van der Waals surface area (Å²) in [5.41, 5.74) is -0.121. The highest BCUT2D eigenvalue weighted by atomic mass is 16.6. The number of pyridine rings is 1. The predicted octanol–water partition coefficient (Wildman–Crippen LogP) is 2.62. The van der Waals surface area contributed by atoms with Crippen LogP contribution < -0.4 is 5.32 Å². The third-order valence-corrected chi connectivity index (χ3v) is 3.33. The van der Waals surface area contributed by atoms with Crippen molar-refractivity contribution in [3.8, 4) is 0 Å². The normalized spacial score (nSPS) is 13.4. The average molecular weight is 281 g/mol. The Bertz CT molecular complexity index is 504. The summed E-state index contributed by atoms with van der Waals surface area (Å²) < 4.78 is 4.57. The van der Waals surface area contributed by atoms with Crippen LogP contribution in [-0.4, -0.2) is 29.0 Å². The molecule has 2 unspecified atom stereocenters. The van der Waals surface area contributed by atoms with E-state index in [2.05, 4.69) is 15.0 Å². The van der Waals surface area contributed by atoms with E-state index in [4.69, 9.17) is 0 Å². The fourth-order valence-corrected chi connectivity index (χ4v) is 1.64. The molecule has 0 amide bonds. The number of carbonyl (C=O) groups excluding carboxylic acids is 1. The zero-order valence-corrected chi connectivity index (χ0v) is 12.0. The van der Waals surface area contributed by atoms with Crippen LogP contribution in [0.2, 0.25) is 0 Å². The molecular formula is C13H19N3O4. The molecule has 1 aromatic rings. The van der Waals surface area contributed by atoms with E-state index in [1.165, 1.54) is 19.2 Å². The molecule has 7 heteroatoms. The minimum absolute atomic E-state index is 0.000836. The minimum Gasteiger partial charge on any atom is -0.464 e. The van der Waals surface area contributed by atoms with Crippen molar-refractivity contribution < 1.29 is 14.5 Å². The number of anilines is 1. The summed E-state index contributed by atoms with van der Waals surface area (Å²) in [6.07, 6.45) is 0.929. The van der Waals surface area contributed by atoms with Crippen LogP contribution in [0.5, 0.6) is 0 Å². The molecule has 0 saturated carbocycles. The number of rotatable bonds is 6. The second kappa shape index (κ2) is 6.83. The second-order valence-corrected chi connectivity index (χ2v) is 4.63. The SMILES string of the molecule is CCC(C)C(C)Nc1nc(C(=O)OC)ccc1[N+](=O)[O-]. The van der Waals surface area contributed by atoms with Gasteiger partial charge in [-0.15, -0.1) is 0 Å². The third kappa shape index (κ3) is 3.66. The number of ether oxygens (including phenoxy) is 1. The summed E-state index contributed by atoms with van der Waals surface area (Å²) in [5.74, 6) is -0.219. The summed E-state index contributed by atoms with van der Waals surface area (Å²) >= 11 is 0. The van der Waals surface area contributed by atoms with Crippen LogP contribution in [-0.2, 0) is 4.74 Å². The smallest absolute Gasteiger partial charge is 0.356 e. The van der Waals surface area contributed by atoms with Gasteiger partial charge in [0.1, 0.15) is 0 Å². The number of aromatic nitrogens is 1. The Morgan fingerprint density at radius 1 is 1.50 bits per heavy atom. The molecule has 2 atom stereocenters. The molecule has 1 N–H and O–H groups in total. The van der Waals surface area contributed by atoms with E-state index >= 15 is 0 Å². The first-order valence-corrected chi connectivity index (χ1v) is 6.41. The van der Waals surface area contributed by atoms with Crippen LogP contribution in [0.25, 0.3) is 0 Å². The maximum absolute atomic E-state index is 11.4. The van der Waals surface area contributed by atoms with Crippen molar-refractivity contribution in [2.24, 2.45) is 5.92 Å². The Hall–Kier alpha value is -2.18. The topological polar surface area (TPSA) is 94.4 Å². The van der Waals surface area contributed by atoms with Crippen molar-refractivity contribution in [1.82, 2.24) is 4.98 Å². The van der Waals surface area contributed by atoms with Crippen molar-refractivity contribution in [3.63, 3.8) is 0 Å². The first-order chi connectivity index (χ1) is 9.40. The monoisotopic (exact) mass is 281 g/mol. The van der Waals surface area contributed by atoms with Gasteiger partial charge in [0.15, 0.2) is 5.69 Å².